The fourth-order valence-electron chi connectivity index (χ4n) is 5.52. The van der Waals surface area contributed by atoms with Crippen LogP contribution in [-0.2, 0) is 0 Å². The molecule has 1 spiro atoms. The van der Waals surface area contributed by atoms with Crippen LogP contribution in [0.3, 0.4) is 0 Å². The molecule has 2 saturated heterocycles. The Morgan fingerprint density at radius 1 is 1.07 bits per heavy atom. The van der Waals surface area contributed by atoms with Crippen molar-refractivity contribution in [3.63, 3.8) is 0 Å². The number of hydrogen-bond donors (Lipinski definition) is 0. The third-order valence-corrected chi connectivity index (χ3v) is 7.09. The molecule has 1 amide bonds. The van der Waals surface area contributed by atoms with Crippen LogP contribution in [0.5, 0.6) is 0 Å². The van der Waals surface area contributed by atoms with Gasteiger partial charge < -0.3 is 15.0 Å². The molecular formula is C22H33N3O2. The second-order valence-electron chi connectivity index (χ2n) is 9.10. The maximum atomic E-state index is 12.8. The summed E-state index contributed by atoms with van der Waals surface area (Å²) in [6.45, 7) is 5.34. The molecule has 3 aliphatic rings. The molecule has 1 aromatic rings. The zero-order chi connectivity index (χ0) is 18.7. The van der Waals surface area contributed by atoms with E-state index in [4.69, 9.17) is 0 Å². The average molecular weight is 372 g/mol. The third-order valence-electron chi connectivity index (χ3n) is 7.09. The Morgan fingerprint density at radius 3 is 2.63 bits per heavy atom. The maximum absolute atomic E-state index is 12.8. The molecule has 1 atom stereocenters. The molecule has 5 heteroatoms. The van der Waals surface area contributed by atoms with Gasteiger partial charge in [0.15, 0.2) is 12.4 Å². The molecule has 1 aliphatic carbocycles. The smallest absolute Gasteiger partial charge is 0.254 e. The number of carbonyl (C=O) groups excluding carboxylic acids is 1. The summed E-state index contributed by atoms with van der Waals surface area (Å²) in [4.78, 5) is 17.5. The van der Waals surface area contributed by atoms with Crippen molar-refractivity contribution in [3.8, 4) is 0 Å². The van der Waals surface area contributed by atoms with Crippen LogP contribution in [0.2, 0.25) is 0 Å². The lowest BCUT2D eigenvalue weighted by Crippen LogP contribution is -2.46. The molecule has 1 aromatic heterocycles. The number of nitrogens with zero attached hydrogens (tertiary/aromatic N) is 3. The normalized spacial score (nSPS) is 27.3. The van der Waals surface area contributed by atoms with Gasteiger partial charge in [0.05, 0.1) is 5.56 Å². The Hall–Kier alpha value is -1.62. The summed E-state index contributed by atoms with van der Waals surface area (Å²) in [6.07, 6.45) is 15.0. The van der Waals surface area contributed by atoms with Gasteiger partial charge in [0.1, 0.15) is 0 Å². The minimum Gasteiger partial charge on any atom is -0.619 e. The average Bonchev–Trinajstić information content (AvgIpc) is 3.10. The molecule has 0 N–H and O–H groups in total. The largest absolute Gasteiger partial charge is 0.619 e. The zero-order valence-corrected chi connectivity index (χ0v) is 16.4. The number of amides is 1. The summed E-state index contributed by atoms with van der Waals surface area (Å²) in [5.41, 5.74) is 0.914. The van der Waals surface area contributed by atoms with E-state index in [1.165, 1.54) is 76.8 Å². The first-order valence-electron chi connectivity index (χ1n) is 10.8. The van der Waals surface area contributed by atoms with Gasteiger partial charge in [-0.15, -0.1) is 0 Å². The van der Waals surface area contributed by atoms with E-state index in [2.05, 4.69) is 4.90 Å². The van der Waals surface area contributed by atoms with Crippen molar-refractivity contribution in [1.82, 2.24) is 9.80 Å². The summed E-state index contributed by atoms with van der Waals surface area (Å²) in [6, 6.07) is 3.27. The molecule has 4 rings (SSSR count). The van der Waals surface area contributed by atoms with Crippen molar-refractivity contribution >= 4 is 5.91 Å². The first-order chi connectivity index (χ1) is 13.1. The van der Waals surface area contributed by atoms with E-state index in [-0.39, 0.29) is 11.3 Å². The van der Waals surface area contributed by atoms with Gasteiger partial charge in [-0.2, -0.15) is 4.73 Å². The van der Waals surface area contributed by atoms with Crippen LogP contribution in [0.1, 0.15) is 68.1 Å². The number of pyridine rings is 1. The maximum Gasteiger partial charge on any atom is 0.254 e. The van der Waals surface area contributed by atoms with Gasteiger partial charge >= 0.3 is 0 Å². The number of aromatic nitrogens is 1. The molecule has 27 heavy (non-hydrogen) atoms. The number of rotatable bonds is 4. The van der Waals surface area contributed by atoms with Gasteiger partial charge in [-0.05, 0) is 44.7 Å². The number of piperidine rings is 1. The van der Waals surface area contributed by atoms with Crippen molar-refractivity contribution in [2.24, 2.45) is 11.3 Å². The van der Waals surface area contributed by atoms with Crippen molar-refractivity contribution < 1.29 is 9.52 Å². The molecule has 0 aromatic carbocycles. The Labute approximate surface area is 162 Å². The van der Waals surface area contributed by atoms with Gasteiger partial charge in [-0.25, -0.2) is 0 Å². The van der Waals surface area contributed by atoms with Crippen LogP contribution in [0, 0.1) is 16.5 Å². The number of hydrogen-bond acceptors (Lipinski definition) is 3. The highest BCUT2D eigenvalue weighted by molar-refractivity contribution is 5.94. The quantitative estimate of drug-likeness (QED) is 0.603. The standard InChI is InChI=1S/C22H33N3O2/c26-21(20-8-14-25(27)15-9-20)24-16-11-22(18-24)10-4-12-23(17-22)13-7-19-5-2-1-3-6-19/h8-9,14-15,19H,1-7,10-13,16-18H2/t22-/m1/s1. The summed E-state index contributed by atoms with van der Waals surface area (Å²) >= 11 is 0. The molecule has 148 valence electrons. The Morgan fingerprint density at radius 2 is 1.85 bits per heavy atom. The predicted octanol–water partition coefficient (Wildman–Crippen LogP) is 3.22. The van der Waals surface area contributed by atoms with E-state index in [9.17, 15) is 10.0 Å². The van der Waals surface area contributed by atoms with E-state index in [1.54, 1.807) is 12.1 Å². The minimum atomic E-state index is 0.0757. The Bertz CT molecular complexity index is 641. The second kappa shape index (κ2) is 8.17. The molecule has 1 saturated carbocycles. The van der Waals surface area contributed by atoms with Crippen LogP contribution in [0.25, 0.3) is 0 Å². The second-order valence-corrected chi connectivity index (χ2v) is 9.10. The summed E-state index contributed by atoms with van der Waals surface area (Å²) in [7, 11) is 0. The molecule has 3 fully saturated rings. The molecule has 5 nitrogen and oxygen atoms in total. The highest BCUT2D eigenvalue weighted by Crippen LogP contribution is 2.39. The molecule has 0 radical (unpaired) electrons. The minimum absolute atomic E-state index is 0.0757. The van der Waals surface area contributed by atoms with Crippen molar-refractivity contribution in [2.45, 2.75) is 57.8 Å². The lowest BCUT2D eigenvalue weighted by atomic mass is 9.79. The van der Waals surface area contributed by atoms with Gasteiger partial charge in [-0.1, -0.05) is 32.1 Å². The zero-order valence-electron chi connectivity index (χ0n) is 16.4. The van der Waals surface area contributed by atoms with E-state index < -0.39 is 0 Å². The highest BCUT2D eigenvalue weighted by atomic mass is 16.5. The van der Waals surface area contributed by atoms with Crippen molar-refractivity contribution in [3.05, 3.63) is 35.3 Å². The fraction of sp³-hybridized carbons (Fsp3) is 0.727. The highest BCUT2D eigenvalue weighted by Gasteiger charge is 2.42. The van der Waals surface area contributed by atoms with E-state index in [0.29, 0.717) is 5.56 Å². The lowest BCUT2D eigenvalue weighted by Gasteiger charge is -2.41. The molecule has 0 unspecified atom stereocenters. The van der Waals surface area contributed by atoms with Crippen LogP contribution >= 0.6 is 0 Å². The fourth-order valence-corrected chi connectivity index (χ4v) is 5.52. The Kier molecular flexibility index (Phi) is 5.67. The summed E-state index contributed by atoms with van der Waals surface area (Å²) in [5, 5.41) is 11.2. The molecule has 3 heterocycles. The topological polar surface area (TPSA) is 50.5 Å². The van der Waals surface area contributed by atoms with Gasteiger partial charge in [0.2, 0.25) is 0 Å². The Balaban J connectivity index is 1.32. The van der Waals surface area contributed by atoms with Crippen molar-refractivity contribution in [1.29, 1.82) is 0 Å². The van der Waals surface area contributed by atoms with Gasteiger partial charge in [-0.3, -0.25) is 4.79 Å². The SMILES string of the molecule is O=C(c1cc[n+]([O-])cc1)N1CC[C@@]2(CCCN(CCC3CCCCC3)C2)C1. The van der Waals surface area contributed by atoms with Gasteiger partial charge in [0, 0.05) is 37.2 Å². The van der Waals surface area contributed by atoms with E-state index >= 15 is 0 Å². The predicted molar refractivity (Wildman–Crippen MR) is 105 cm³/mol. The van der Waals surface area contributed by atoms with Gasteiger partial charge in [0.25, 0.3) is 5.91 Å². The lowest BCUT2D eigenvalue weighted by molar-refractivity contribution is -0.605. The van der Waals surface area contributed by atoms with E-state index in [1.807, 2.05) is 4.90 Å². The molecular weight excluding hydrogens is 338 g/mol. The first-order valence-corrected chi connectivity index (χ1v) is 10.8. The third kappa shape index (κ3) is 4.45. The number of carbonyl (C=O) groups is 1. The van der Waals surface area contributed by atoms with Crippen molar-refractivity contribution in [2.75, 3.05) is 32.7 Å². The number of likely N-dealkylation sites (tertiary alicyclic amines) is 2. The summed E-state index contributed by atoms with van der Waals surface area (Å²) < 4.78 is 0.730. The van der Waals surface area contributed by atoms with E-state index in [0.717, 1.165) is 36.7 Å². The first kappa shape index (κ1) is 18.7. The van der Waals surface area contributed by atoms with Crippen LogP contribution in [0.15, 0.2) is 24.5 Å². The van der Waals surface area contributed by atoms with Crippen LogP contribution < -0.4 is 4.73 Å². The van der Waals surface area contributed by atoms with Crippen LogP contribution in [-0.4, -0.2) is 48.4 Å². The molecule has 0 bridgehead atoms. The van der Waals surface area contributed by atoms with Crippen LogP contribution in [0.4, 0.5) is 0 Å². The molecule has 2 aliphatic heterocycles. The monoisotopic (exact) mass is 371 g/mol. The summed E-state index contributed by atoms with van der Waals surface area (Å²) in [5.74, 6) is 1.02.